The maximum Gasteiger partial charge on any atom is 0.359 e. The van der Waals surface area contributed by atoms with Crippen molar-refractivity contribution in [2.75, 3.05) is 0 Å². The van der Waals surface area contributed by atoms with Gasteiger partial charge in [-0.2, -0.15) is 4.84 Å². The molecule has 5 nitrogen and oxygen atoms in total. The second kappa shape index (κ2) is 1.79. The number of rotatable bonds is 1. The summed E-state index contributed by atoms with van der Waals surface area (Å²) in [4.78, 5) is 13.4. The van der Waals surface area contributed by atoms with Crippen molar-refractivity contribution in [1.82, 2.24) is 5.48 Å². The first-order chi connectivity index (χ1) is 3.80. The van der Waals surface area contributed by atoms with E-state index in [1.807, 2.05) is 0 Å². The molecule has 0 amide bonds. The largest absolute Gasteiger partial charge is 0.359 e. The normalized spacial score (nSPS) is 25.2. The smallest absolute Gasteiger partial charge is 0.261 e. The van der Waals surface area contributed by atoms with Crippen molar-refractivity contribution >= 4 is 0 Å². The third-order valence-electron chi connectivity index (χ3n) is 0.688. The van der Waals surface area contributed by atoms with Gasteiger partial charge in [0.15, 0.2) is 0 Å². The van der Waals surface area contributed by atoms with Crippen LogP contribution in [-0.4, -0.2) is 11.2 Å². The van der Waals surface area contributed by atoms with Crippen LogP contribution < -0.4 is 5.48 Å². The van der Waals surface area contributed by atoms with E-state index < -0.39 is 11.2 Å². The van der Waals surface area contributed by atoms with Crippen LogP contribution in [-0.2, 0) is 4.84 Å². The molecule has 1 unspecified atom stereocenters. The van der Waals surface area contributed by atoms with E-state index in [0.29, 0.717) is 0 Å². The summed E-state index contributed by atoms with van der Waals surface area (Å²) in [5.41, 5.74) is 3.16. The van der Waals surface area contributed by atoms with Crippen molar-refractivity contribution in [3.8, 4) is 0 Å². The van der Waals surface area contributed by atoms with Gasteiger partial charge in [0.1, 0.15) is 0 Å². The van der Waals surface area contributed by atoms with Gasteiger partial charge in [0, 0.05) is 6.08 Å². The molecule has 1 rings (SSSR count). The average molecular weight is 115 g/mol. The van der Waals surface area contributed by atoms with Crippen molar-refractivity contribution in [1.29, 1.82) is 0 Å². The predicted molar refractivity (Wildman–Crippen MR) is 23.1 cm³/mol. The van der Waals surface area contributed by atoms with E-state index in [-0.39, 0.29) is 0 Å². The minimum Gasteiger partial charge on any atom is -0.261 e. The fraction of sp³-hybridized carbons (Fsp3) is 0.333. The van der Waals surface area contributed by atoms with Crippen LogP contribution in [0.25, 0.3) is 0 Å². The van der Waals surface area contributed by atoms with E-state index in [9.17, 15) is 10.1 Å². The Labute approximate surface area is 45.0 Å². The molecule has 1 aliphatic rings. The van der Waals surface area contributed by atoms with Crippen molar-refractivity contribution < 1.29 is 9.76 Å². The zero-order valence-corrected chi connectivity index (χ0v) is 3.85. The third-order valence-corrected chi connectivity index (χ3v) is 0.688. The van der Waals surface area contributed by atoms with Gasteiger partial charge in [-0.05, 0) is 0 Å². The first kappa shape index (κ1) is 5.04. The lowest BCUT2D eigenvalue weighted by molar-refractivity contribution is -0.563. The summed E-state index contributed by atoms with van der Waals surface area (Å²) in [5, 5.41) is 9.77. The van der Waals surface area contributed by atoms with Crippen LogP contribution in [0.5, 0.6) is 0 Å². The Hall–Kier alpha value is -1.10. The second-order valence-corrected chi connectivity index (χ2v) is 1.23. The maximum absolute atomic E-state index is 9.77. The summed E-state index contributed by atoms with van der Waals surface area (Å²) in [6, 6.07) is 0. The number of nitro groups is 1. The quantitative estimate of drug-likeness (QED) is 0.346. The summed E-state index contributed by atoms with van der Waals surface area (Å²) in [6.07, 6.45) is 1.46. The van der Waals surface area contributed by atoms with Gasteiger partial charge in [-0.3, -0.25) is 10.1 Å². The van der Waals surface area contributed by atoms with Crippen LogP contribution in [0.2, 0.25) is 0 Å². The molecule has 0 fully saturated rings. The van der Waals surface area contributed by atoms with Crippen molar-refractivity contribution in [3.05, 3.63) is 22.4 Å². The van der Waals surface area contributed by atoms with Crippen LogP contribution >= 0.6 is 0 Å². The molecule has 1 aliphatic heterocycles. The maximum atomic E-state index is 9.77. The molecule has 0 saturated heterocycles. The van der Waals surface area contributed by atoms with E-state index in [1.165, 1.54) is 12.3 Å². The van der Waals surface area contributed by atoms with Crippen molar-refractivity contribution in [3.63, 3.8) is 0 Å². The van der Waals surface area contributed by atoms with E-state index in [2.05, 4.69) is 10.3 Å². The van der Waals surface area contributed by atoms with Gasteiger partial charge in [0.2, 0.25) is 0 Å². The molecule has 1 heterocycles. The van der Waals surface area contributed by atoms with E-state index in [4.69, 9.17) is 0 Å². The molecule has 8 heavy (non-hydrogen) atoms. The van der Waals surface area contributed by atoms with Crippen molar-refractivity contribution in [2.24, 2.45) is 0 Å². The molecule has 0 aromatic carbocycles. The van der Waals surface area contributed by atoms with Crippen LogP contribution in [0.15, 0.2) is 12.3 Å². The molecule has 43 valence electrons. The second-order valence-electron chi connectivity index (χ2n) is 1.23. The molecule has 0 spiro atoms. The first-order valence-corrected chi connectivity index (χ1v) is 1.97. The average Bonchev–Trinajstić information content (AvgIpc) is 2.12. The lowest BCUT2D eigenvalue weighted by Crippen LogP contribution is -2.17. The Morgan fingerprint density at radius 3 is 2.88 bits per heavy atom. The summed E-state index contributed by atoms with van der Waals surface area (Å²) in [5.74, 6) is 0. The van der Waals surface area contributed by atoms with Gasteiger partial charge in [-0.1, -0.05) is 0 Å². The molecule has 1 atom stereocenters. The Morgan fingerprint density at radius 2 is 2.62 bits per heavy atom. The number of hydrogen-bond donors (Lipinski definition) is 0. The van der Waals surface area contributed by atoms with Crippen LogP contribution in [0.4, 0.5) is 0 Å². The SMILES string of the molecule is O=[N+]([O-])C1C=C[N]O1. The van der Waals surface area contributed by atoms with Gasteiger partial charge in [-0.25, -0.2) is 0 Å². The topological polar surface area (TPSA) is 66.5 Å². The lowest BCUT2D eigenvalue weighted by atomic mass is 10.6. The molecule has 1 radical (unpaired) electrons. The molecule has 0 saturated carbocycles. The molecule has 0 N–H and O–H groups in total. The molecule has 0 aliphatic carbocycles. The van der Waals surface area contributed by atoms with Gasteiger partial charge < -0.3 is 0 Å². The Bertz CT molecular complexity index is 132. The minimum atomic E-state index is -1.06. The zero-order chi connectivity index (χ0) is 5.98. The molecule has 5 heteroatoms. The van der Waals surface area contributed by atoms with Gasteiger partial charge in [0.05, 0.1) is 11.1 Å². The number of nitrogens with zero attached hydrogens (tertiary/aromatic N) is 2. The Morgan fingerprint density at radius 1 is 1.88 bits per heavy atom. The summed E-state index contributed by atoms with van der Waals surface area (Å²) >= 11 is 0. The van der Waals surface area contributed by atoms with Gasteiger partial charge in [0.25, 0.3) is 0 Å². The minimum absolute atomic E-state index is 0.562. The molecule has 0 aromatic heterocycles. The fourth-order valence-corrected chi connectivity index (χ4v) is 0.350. The highest BCUT2D eigenvalue weighted by molar-refractivity contribution is 4.84. The zero-order valence-electron chi connectivity index (χ0n) is 3.85. The molecule has 0 aromatic rings. The number of hydroxylamine groups is 1. The van der Waals surface area contributed by atoms with Crippen molar-refractivity contribution in [2.45, 2.75) is 6.23 Å². The van der Waals surface area contributed by atoms with Gasteiger partial charge >= 0.3 is 6.23 Å². The van der Waals surface area contributed by atoms with E-state index >= 15 is 0 Å². The lowest BCUT2D eigenvalue weighted by Gasteiger charge is -1.92. The Kier molecular flexibility index (Phi) is 1.13. The fourth-order valence-electron chi connectivity index (χ4n) is 0.350. The van der Waals surface area contributed by atoms with Gasteiger partial charge in [-0.15, -0.1) is 5.48 Å². The Balaban J connectivity index is 2.48. The highest BCUT2D eigenvalue weighted by Gasteiger charge is 2.21. The summed E-state index contributed by atoms with van der Waals surface area (Å²) in [7, 11) is 0. The summed E-state index contributed by atoms with van der Waals surface area (Å²) < 4.78 is 0. The van der Waals surface area contributed by atoms with E-state index in [1.54, 1.807) is 0 Å². The van der Waals surface area contributed by atoms with Crippen LogP contribution in [0, 0.1) is 10.1 Å². The first-order valence-electron chi connectivity index (χ1n) is 1.97. The van der Waals surface area contributed by atoms with E-state index in [0.717, 1.165) is 0 Å². The highest BCUT2D eigenvalue weighted by Crippen LogP contribution is 1.98. The van der Waals surface area contributed by atoms with Crippen LogP contribution in [0.3, 0.4) is 0 Å². The predicted octanol–water partition coefficient (Wildman–Crippen LogP) is -0.348. The standard InChI is InChI=1S/C3H3N2O3/c6-5(7)3-1-2-4-8-3/h1-3H. The third kappa shape index (κ3) is 0.760. The highest BCUT2D eigenvalue weighted by atomic mass is 16.7. The molecular weight excluding hydrogens is 112 g/mol. The molecular formula is C3H3N2O3. The monoisotopic (exact) mass is 115 g/mol. The summed E-state index contributed by atoms with van der Waals surface area (Å²) in [6.45, 7) is 0. The molecule has 0 bridgehead atoms. The van der Waals surface area contributed by atoms with Crippen LogP contribution in [0.1, 0.15) is 0 Å². The number of hydrogen-bond acceptors (Lipinski definition) is 3.